The molecule has 0 spiro atoms. The number of carbonyl (C=O) groups is 3. The topological polar surface area (TPSA) is 193 Å². The number of para-hydroxylation sites is 1. The van der Waals surface area contributed by atoms with Crippen LogP contribution in [0.1, 0.15) is 28.9 Å². The van der Waals surface area contributed by atoms with Crippen molar-refractivity contribution in [2.24, 2.45) is 0 Å². The van der Waals surface area contributed by atoms with Crippen LogP contribution in [0.3, 0.4) is 0 Å². The lowest BCUT2D eigenvalue weighted by atomic mass is 10.1. The number of ether oxygens (including phenoxy) is 1. The van der Waals surface area contributed by atoms with Gasteiger partial charge in [0.15, 0.2) is 0 Å². The highest BCUT2D eigenvalue weighted by atomic mass is 35.5. The van der Waals surface area contributed by atoms with E-state index < -0.39 is 36.0 Å². The van der Waals surface area contributed by atoms with Gasteiger partial charge in [0.05, 0.1) is 34.1 Å². The van der Waals surface area contributed by atoms with Gasteiger partial charge in [0.25, 0.3) is 0 Å². The van der Waals surface area contributed by atoms with Gasteiger partial charge in [-0.05, 0) is 68.0 Å². The SMILES string of the molecule is Cc1nn(-c2ccccc2)nc1CNC(=O)C1=Cc2c(ncnc2Nc2ccc(Oc3cccc(C(F)(F)F)c3)c(Cl)c2)NCC1.O=C(O)C(F)(F)F.O=C(O)C(F)(F)F. The first-order chi connectivity index (χ1) is 28.0. The summed E-state index contributed by atoms with van der Waals surface area (Å²) in [6.45, 7) is 2.50. The Labute approximate surface area is 336 Å². The fourth-order valence-corrected chi connectivity index (χ4v) is 4.92. The molecule has 24 heteroatoms. The van der Waals surface area contributed by atoms with Gasteiger partial charge in [-0.15, -0.1) is 0 Å². The van der Waals surface area contributed by atoms with E-state index in [1.807, 2.05) is 37.3 Å². The Balaban J connectivity index is 0.000000488. The number of carboxylic acids is 2. The second-order valence-corrected chi connectivity index (χ2v) is 12.3. The number of fused-ring (bicyclic) bond motifs is 1. The van der Waals surface area contributed by atoms with Crippen LogP contribution in [0.25, 0.3) is 11.8 Å². The standard InChI is InChI=1S/C32H26ClF3N8O2.2C2HF3O2/c1-19-27(43-44(42-19)23-7-3-2-4-8-23)17-38-31(45)20-12-13-37-29-25(14-20)30(40-18-39-29)41-22-10-11-28(26(33)16-22)46-24-9-5-6-21(15-24)32(34,35)36;2*3-2(4,5)1(6)7/h2-11,14-16,18H,12-13,17H2,1H3,(H,38,45)(H2,37,39,40,41);2*(H,6,7). The monoisotopic (exact) mass is 874 g/mol. The number of halogens is 10. The van der Waals surface area contributed by atoms with Crippen molar-refractivity contribution in [3.05, 3.63) is 112 Å². The van der Waals surface area contributed by atoms with Crippen LogP contribution in [0.2, 0.25) is 5.02 Å². The molecular weight excluding hydrogens is 847 g/mol. The first-order valence-electron chi connectivity index (χ1n) is 16.6. The van der Waals surface area contributed by atoms with E-state index in [9.17, 15) is 44.3 Å². The molecule has 6 rings (SSSR count). The summed E-state index contributed by atoms with van der Waals surface area (Å²) in [5.74, 6) is -4.66. The van der Waals surface area contributed by atoms with E-state index in [-0.39, 0.29) is 29.0 Å². The maximum absolute atomic E-state index is 13.3. The molecule has 3 heterocycles. The summed E-state index contributed by atoms with van der Waals surface area (Å²) in [6.07, 6.45) is -11.1. The molecule has 3 aromatic carbocycles. The third-order valence-electron chi connectivity index (χ3n) is 7.53. The van der Waals surface area contributed by atoms with Gasteiger partial charge < -0.3 is 30.9 Å². The largest absolute Gasteiger partial charge is 0.490 e. The summed E-state index contributed by atoms with van der Waals surface area (Å²) < 4.78 is 108. The van der Waals surface area contributed by atoms with E-state index in [0.29, 0.717) is 52.8 Å². The Bertz CT molecular complexity index is 2330. The van der Waals surface area contributed by atoms with Gasteiger partial charge >= 0.3 is 30.5 Å². The average Bonchev–Trinajstić information content (AvgIpc) is 3.40. The number of carboxylic acid groups (broad SMARTS) is 2. The normalized spacial score (nSPS) is 12.4. The van der Waals surface area contributed by atoms with Crippen LogP contribution in [0.4, 0.5) is 56.8 Å². The molecule has 5 aromatic rings. The fraction of sp³-hybridized carbons (Fsp3) is 0.194. The molecule has 0 saturated heterocycles. The average molecular weight is 875 g/mol. The van der Waals surface area contributed by atoms with Gasteiger partial charge in [0.2, 0.25) is 5.91 Å². The molecule has 1 amide bonds. The van der Waals surface area contributed by atoms with Gasteiger partial charge in [-0.2, -0.15) is 54.5 Å². The van der Waals surface area contributed by atoms with Crippen LogP contribution in [0, 0.1) is 6.92 Å². The van der Waals surface area contributed by atoms with E-state index in [1.54, 1.807) is 18.2 Å². The minimum atomic E-state index is -5.08. The Hall–Kier alpha value is -6.91. The highest BCUT2D eigenvalue weighted by Crippen LogP contribution is 2.37. The first-order valence-corrected chi connectivity index (χ1v) is 17.0. The minimum absolute atomic E-state index is 0.00320. The molecular formula is C36H28ClF9N8O6. The highest BCUT2D eigenvalue weighted by Gasteiger charge is 2.39. The first kappa shape index (κ1) is 45.8. The third-order valence-corrected chi connectivity index (χ3v) is 7.83. The van der Waals surface area contributed by atoms with Crippen LogP contribution < -0.4 is 20.7 Å². The zero-order valence-corrected chi connectivity index (χ0v) is 31.0. The molecule has 0 radical (unpaired) electrons. The van der Waals surface area contributed by atoms with Crippen molar-refractivity contribution in [1.29, 1.82) is 0 Å². The number of aryl methyl sites for hydroxylation is 1. The number of carbonyl (C=O) groups excluding carboxylic acids is 1. The molecule has 60 heavy (non-hydrogen) atoms. The minimum Gasteiger partial charge on any atom is -0.475 e. The maximum atomic E-state index is 13.3. The molecule has 14 nitrogen and oxygen atoms in total. The molecule has 0 atom stereocenters. The molecule has 1 aliphatic heterocycles. The quantitative estimate of drug-likeness (QED) is 0.0938. The number of alkyl halides is 9. The summed E-state index contributed by atoms with van der Waals surface area (Å²) in [4.78, 5) is 41.3. The molecule has 0 saturated carbocycles. The predicted molar refractivity (Wildman–Crippen MR) is 195 cm³/mol. The highest BCUT2D eigenvalue weighted by molar-refractivity contribution is 6.32. The number of hydrogen-bond acceptors (Lipinski definition) is 10. The molecule has 318 valence electrons. The Kier molecular flexibility index (Phi) is 14.7. The van der Waals surface area contributed by atoms with E-state index >= 15 is 0 Å². The van der Waals surface area contributed by atoms with Gasteiger partial charge in [0.1, 0.15) is 35.2 Å². The van der Waals surface area contributed by atoms with Crippen molar-refractivity contribution in [3.63, 3.8) is 0 Å². The zero-order chi connectivity index (χ0) is 44.4. The number of amides is 1. The molecule has 0 unspecified atom stereocenters. The smallest absolute Gasteiger partial charge is 0.475 e. The molecule has 0 fully saturated rings. The van der Waals surface area contributed by atoms with E-state index in [2.05, 4.69) is 36.1 Å². The predicted octanol–water partition coefficient (Wildman–Crippen LogP) is 8.36. The number of anilines is 3. The molecule has 5 N–H and O–H groups in total. The van der Waals surface area contributed by atoms with Crippen molar-refractivity contribution >= 4 is 52.8 Å². The van der Waals surface area contributed by atoms with Gasteiger partial charge in [-0.1, -0.05) is 35.9 Å². The van der Waals surface area contributed by atoms with Crippen LogP contribution >= 0.6 is 11.6 Å². The van der Waals surface area contributed by atoms with Crippen molar-refractivity contribution in [1.82, 2.24) is 30.3 Å². The lowest BCUT2D eigenvalue weighted by molar-refractivity contribution is -0.193. The van der Waals surface area contributed by atoms with Crippen LogP contribution in [0.15, 0.2) is 84.7 Å². The molecule has 2 aromatic heterocycles. The number of aromatic nitrogens is 5. The van der Waals surface area contributed by atoms with E-state index in [4.69, 9.17) is 36.1 Å². The van der Waals surface area contributed by atoms with Gasteiger partial charge in [-0.25, -0.2) is 19.6 Å². The van der Waals surface area contributed by atoms with Crippen LogP contribution in [-0.4, -0.2) is 71.9 Å². The van der Waals surface area contributed by atoms with E-state index in [0.717, 1.165) is 17.8 Å². The summed E-state index contributed by atoms with van der Waals surface area (Å²) in [6, 6.07) is 18.8. The van der Waals surface area contributed by atoms with Crippen LogP contribution in [0.5, 0.6) is 11.5 Å². The van der Waals surface area contributed by atoms with Crippen molar-refractivity contribution < 1.29 is 68.8 Å². The second-order valence-electron chi connectivity index (χ2n) is 11.9. The lowest BCUT2D eigenvalue weighted by Crippen LogP contribution is -2.25. The van der Waals surface area contributed by atoms with Crippen molar-refractivity contribution in [3.8, 4) is 17.2 Å². The second kappa shape index (κ2) is 19.2. The Morgan fingerprint density at radius 1 is 0.867 bits per heavy atom. The molecule has 0 bridgehead atoms. The van der Waals surface area contributed by atoms with Crippen molar-refractivity contribution in [2.45, 2.75) is 38.4 Å². The number of rotatable bonds is 8. The van der Waals surface area contributed by atoms with E-state index in [1.165, 1.54) is 29.3 Å². The summed E-state index contributed by atoms with van der Waals surface area (Å²) in [7, 11) is 0. The van der Waals surface area contributed by atoms with Crippen molar-refractivity contribution in [2.75, 3.05) is 17.2 Å². The molecule has 1 aliphatic rings. The summed E-state index contributed by atoms with van der Waals surface area (Å²) >= 11 is 6.43. The summed E-state index contributed by atoms with van der Waals surface area (Å²) in [5.41, 5.74) is 2.95. The molecule has 0 aliphatic carbocycles. The number of hydrogen-bond donors (Lipinski definition) is 5. The number of nitrogens with one attached hydrogen (secondary N) is 3. The lowest BCUT2D eigenvalue weighted by Gasteiger charge is -2.14. The van der Waals surface area contributed by atoms with Crippen LogP contribution in [-0.2, 0) is 27.1 Å². The Morgan fingerprint density at radius 3 is 2.12 bits per heavy atom. The maximum Gasteiger partial charge on any atom is 0.490 e. The zero-order valence-electron chi connectivity index (χ0n) is 30.2. The Morgan fingerprint density at radius 2 is 1.52 bits per heavy atom. The third kappa shape index (κ3) is 13.1. The number of benzene rings is 3. The number of aliphatic carboxylic acids is 2. The fourth-order valence-electron chi connectivity index (χ4n) is 4.70. The van der Waals surface area contributed by atoms with Gasteiger partial charge in [-0.3, -0.25) is 4.79 Å². The number of nitrogens with zero attached hydrogens (tertiary/aromatic N) is 5. The summed E-state index contributed by atoms with van der Waals surface area (Å²) in [5, 5.41) is 32.8. The van der Waals surface area contributed by atoms with Gasteiger partial charge in [0, 0.05) is 17.8 Å².